The van der Waals surface area contributed by atoms with Crippen LogP contribution in [0.15, 0.2) is 35.2 Å². The van der Waals surface area contributed by atoms with Crippen molar-refractivity contribution in [2.75, 3.05) is 7.05 Å². The van der Waals surface area contributed by atoms with E-state index in [9.17, 15) is 13.2 Å². The highest BCUT2D eigenvalue weighted by molar-refractivity contribution is 7.07. The third-order valence-electron chi connectivity index (χ3n) is 2.85. The SMILES string of the molecule is CNC(Cc1cccc(C(F)(F)F)c1)c1cscn1. The smallest absolute Gasteiger partial charge is 0.311 e. The van der Waals surface area contributed by atoms with E-state index in [1.54, 1.807) is 18.6 Å². The van der Waals surface area contributed by atoms with Crippen molar-refractivity contribution in [2.45, 2.75) is 18.6 Å². The van der Waals surface area contributed by atoms with E-state index in [0.29, 0.717) is 12.0 Å². The molecule has 1 aromatic heterocycles. The summed E-state index contributed by atoms with van der Waals surface area (Å²) in [6.45, 7) is 0. The fourth-order valence-corrected chi connectivity index (χ4v) is 2.47. The van der Waals surface area contributed by atoms with Gasteiger partial charge in [-0.3, -0.25) is 0 Å². The summed E-state index contributed by atoms with van der Waals surface area (Å²) in [5.41, 5.74) is 2.59. The van der Waals surface area contributed by atoms with Crippen molar-refractivity contribution in [2.24, 2.45) is 0 Å². The lowest BCUT2D eigenvalue weighted by atomic mass is 10.0. The summed E-state index contributed by atoms with van der Waals surface area (Å²) < 4.78 is 37.9. The van der Waals surface area contributed by atoms with Gasteiger partial charge in [-0.15, -0.1) is 11.3 Å². The second kappa shape index (κ2) is 5.71. The molecular weight excluding hydrogens is 273 g/mol. The molecule has 1 N–H and O–H groups in total. The van der Waals surface area contributed by atoms with E-state index in [-0.39, 0.29) is 6.04 Å². The number of nitrogens with zero attached hydrogens (tertiary/aromatic N) is 1. The number of alkyl halides is 3. The van der Waals surface area contributed by atoms with Gasteiger partial charge in [0.05, 0.1) is 22.8 Å². The molecule has 0 aliphatic rings. The van der Waals surface area contributed by atoms with Crippen LogP contribution in [0, 0.1) is 0 Å². The molecule has 1 atom stereocenters. The van der Waals surface area contributed by atoms with Crippen LogP contribution < -0.4 is 5.32 Å². The van der Waals surface area contributed by atoms with E-state index in [0.717, 1.165) is 11.8 Å². The Morgan fingerprint density at radius 1 is 1.37 bits per heavy atom. The predicted molar refractivity (Wildman–Crippen MR) is 69.1 cm³/mol. The maximum absolute atomic E-state index is 12.6. The van der Waals surface area contributed by atoms with Gasteiger partial charge in [-0.25, -0.2) is 4.98 Å². The Morgan fingerprint density at radius 2 is 2.16 bits per heavy atom. The fourth-order valence-electron chi connectivity index (χ4n) is 1.86. The molecule has 0 saturated carbocycles. The van der Waals surface area contributed by atoms with Gasteiger partial charge in [0, 0.05) is 5.38 Å². The molecule has 19 heavy (non-hydrogen) atoms. The van der Waals surface area contributed by atoms with Crippen LogP contribution >= 0.6 is 11.3 Å². The third-order valence-corrected chi connectivity index (χ3v) is 3.46. The summed E-state index contributed by atoms with van der Waals surface area (Å²) in [5.74, 6) is 0. The lowest BCUT2D eigenvalue weighted by molar-refractivity contribution is -0.137. The first kappa shape index (κ1) is 14.0. The van der Waals surface area contributed by atoms with E-state index in [4.69, 9.17) is 0 Å². The maximum Gasteiger partial charge on any atom is 0.416 e. The highest BCUT2D eigenvalue weighted by atomic mass is 32.1. The molecule has 102 valence electrons. The molecule has 2 aromatic rings. The Bertz CT molecular complexity index is 523. The number of benzene rings is 1. The number of halogens is 3. The maximum atomic E-state index is 12.6. The minimum absolute atomic E-state index is 0.0743. The molecule has 0 spiro atoms. The largest absolute Gasteiger partial charge is 0.416 e. The van der Waals surface area contributed by atoms with Crippen LogP contribution in [-0.2, 0) is 12.6 Å². The zero-order valence-corrected chi connectivity index (χ0v) is 11.1. The predicted octanol–water partition coefficient (Wildman–Crippen LogP) is 3.67. The van der Waals surface area contributed by atoms with E-state index in [2.05, 4.69) is 10.3 Å². The molecule has 0 fully saturated rings. The number of thiazole rings is 1. The number of nitrogens with one attached hydrogen (secondary N) is 1. The van der Waals surface area contributed by atoms with Crippen molar-refractivity contribution in [3.8, 4) is 0 Å². The lowest BCUT2D eigenvalue weighted by Gasteiger charge is -2.15. The highest BCUT2D eigenvalue weighted by Crippen LogP contribution is 2.30. The van der Waals surface area contributed by atoms with Gasteiger partial charge in [0.15, 0.2) is 0 Å². The van der Waals surface area contributed by atoms with E-state index in [1.165, 1.54) is 23.5 Å². The molecule has 1 heterocycles. The van der Waals surface area contributed by atoms with Crippen LogP contribution in [0.4, 0.5) is 13.2 Å². The van der Waals surface area contributed by atoms with E-state index < -0.39 is 11.7 Å². The first-order valence-electron chi connectivity index (χ1n) is 5.72. The van der Waals surface area contributed by atoms with Gasteiger partial charge >= 0.3 is 6.18 Å². The van der Waals surface area contributed by atoms with Crippen molar-refractivity contribution >= 4 is 11.3 Å². The molecule has 0 radical (unpaired) electrons. The van der Waals surface area contributed by atoms with Gasteiger partial charge in [0.1, 0.15) is 0 Å². The van der Waals surface area contributed by atoms with Crippen molar-refractivity contribution in [3.05, 3.63) is 52.0 Å². The number of hydrogen-bond acceptors (Lipinski definition) is 3. The van der Waals surface area contributed by atoms with Gasteiger partial charge in [-0.1, -0.05) is 18.2 Å². The number of hydrogen-bond donors (Lipinski definition) is 1. The van der Waals surface area contributed by atoms with Crippen LogP contribution in [0.3, 0.4) is 0 Å². The van der Waals surface area contributed by atoms with Crippen molar-refractivity contribution in [1.29, 1.82) is 0 Å². The first-order valence-corrected chi connectivity index (χ1v) is 6.66. The Morgan fingerprint density at radius 3 is 2.74 bits per heavy atom. The molecule has 6 heteroatoms. The van der Waals surface area contributed by atoms with Gasteiger partial charge in [0.25, 0.3) is 0 Å². The third kappa shape index (κ3) is 3.54. The van der Waals surface area contributed by atoms with Gasteiger partial charge in [-0.2, -0.15) is 13.2 Å². The first-order chi connectivity index (χ1) is 9.00. The molecule has 0 amide bonds. The topological polar surface area (TPSA) is 24.9 Å². The summed E-state index contributed by atoms with van der Waals surface area (Å²) in [4.78, 5) is 4.19. The van der Waals surface area contributed by atoms with Crippen LogP contribution in [0.1, 0.15) is 22.9 Å². The minimum Gasteiger partial charge on any atom is -0.311 e. The Hall–Kier alpha value is -1.40. The van der Waals surface area contributed by atoms with Crippen molar-refractivity contribution in [1.82, 2.24) is 10.3 Å². The number of aromatic nitrogens is 1. The molecule has 2 rings (SSSR count). The summed E-state index contributed by atoms with van der Waals surface area (Å²) in [7, 11) is 1.78. The summed E-state index contributed by atoms with van der Waals surface area (Å²) in [6.07, 6.45) is -3.82. The lowest BCUT2D eigenvalue weighted by Crippen LogP contribution is -2.19. The second-order valence-corrected chi connectivity index (χ2v) is 4.88. The number of rotatable bonds is 4. The van der Waals surface area contributed by atoms with Crippen LogP contribution in [0.25, 0.3) is 0 Å². The monoisotopic (exact) mass is 286 g/mol. The van der Waals surface area contributed by atoms with Crippen molar-refractivity contribution in [3.63, 3.8) is 0 Å². The molecule has 1 aromatic carbocycles. The zero-order chi connectivity index (χ0) is 13.9. The summed E-state index contributed by atoms with van der Waals surface area (Å²) >= 11 is 1.47. The van der Waals surface area contributed by atoms with E-state index in [1.807, 2.05) is 5.38 Å². The van der Waals surface area contributed by atoms with Crippen LogP contribution in [0.2, 0.25) is 0 Å². The Kier molecular flexibility index (Phi) is 4.21. The van der Waals surface area contributed by atoms with Crippen LogP contribution in [0.5, 0.6) is 0 Å². The summed E-state index contributed by atoms with van der Waals surface area (Å²) in [6, 6.07) is 5.34. The van der Waals surface area contributed by atoms with Gasteiger partial charge in [0.2, 0.25) is 0 Å². The van der Waals surface area contributed by atoms with E-state index >= 15 is 0 Å². The normalized spacial score (nSPS) is 13.5. The molecule has 0 saturated heterocycles. The molecule has 0 aliphatic carbocycles. The fraction of sp³-hybridized carbons (Fsp3) is 0.308. The average molecular weight is 286 g/mol. The second-order valence-electron chi connectivity index (χ2n) is 4.16. The minimum atomic E-state index is -4.30. The highest BCUT2D eigenvalue weighted by Gasteiger charge is 2.30. The quantitative estimate of drug-likeness (QED) is 0.927. The zero-order valence-electron chi connectivity index (χ0n) is 10.2. The van der Waals surface area contributed by atoms with Crippen LogP contribution in [-0.4, -0.2) is 12.0 Å². The average Bonchev–Trinajstić information content (AvgIpc) is 2.89. The summed E-state index contributed by atoms with van der Waals surface area (Å²) in [5, 5.41) is 4.97. The Labute approximate surface area is 113 Å². The van der Waals surface area contributed by atoms with Gasteiger partial charge in [-0.05, 0) is 25.1 Å². The molecule has 1 unspecified atom stereocenters. The van der Waals surface area contributed by atoms with Gasteiger partial charge < -0.3 is 5.32 Å². The number of likely N-dealkylation sites (N-methyl/N-ethyl adjacent to an activating group) is 1. The molecule has 0 aliphatic heterocycles. The molecule has 0 bridgehead atoms. The molecule has 2 nitrogen and oxygen atoms in total. The standard InChI is InChI=1S/C13H13F3N2S/c1-17-11(12-7-19-8-18-12)6-9-3-2-4-10(5-9)13(14,15)16/h2-5,7-8,11,17H,6H2,1H3. The Balaban J connectivity index is 2.19. The molecular formula is C13H13F3N2S. The van der Waals surface area contributed by atoms with Crippen molar-refractivity contribution < 1.29 is 13.2 Å².